The van der Waals surface area contributed by atoms with Crippen LogP contribution in [0.2, 0.25) is 0 Å². The topological polar surface area (TPSA) is 72.7 Å². The van der Waals surface area contributed by atoms with Crippen LogP contribution in [0.1, 0.15) is 30.0 Å². The molecule has 0 saturated heterocycles. The van der Waals surface area contributed by atoms with E-state index in [9.17, 15) is 0 Å². The van der Waals surface area contributed by atoms with Crippen LogP contribution in [-0.2, 0) is 0 Å². The van der Waals surface area contributed by atoms with Gasteiger partial charge in [-0.1, -0.05) is 53.2 Å². The first-order chi connectivity index (χ1) is 17.5. The summed E-state index contributed by atoms with van der Waals surface area (Å²) in [4.78, 5) is 6.79. The number of benzene rings is 3. The Balaban J connectivity index is 1.63. The van der Waals surface area contributed by atoms with Crippen LogP contribution in [0.5, 0.6) is 11.5 Å². The highest BCUT2D eigenvalue weighted by atomic mass is 32.1. The fourth-order valence-corrected chi connectivity index (χ4v) is 4.70. The van der Waals surface area contributed by atoms with E-state index in [1.165, 1.54) is 5.56 Å². The molecule has 8 heteroatoms. The second-order valence-corrected chi connectivity index (χ2v) is 8.84. The Bertz CT molecular complexity index is 1430. The van der Waals surface area contributed by atoms with Gasteiger partial charge in [-0.25, -0.2) is 0 Å². The summed E-state index contributed by atoms with van der Waals surface area (Å²) < 4.78 is 16.7. The summed E-state index contributed by atoms with van der Waals surface area (Å²) in [6, 6.07) is 23.6. The Morgan fingerprint density at radius 2 is 1.64 bits per heavy atom. The minimum atomic E-state index is -0.253. The number of methoxy groups -OCH3 is 2. The van der Waals surface area contributed by atoms with Crippen molar-refractivity contribution in [2.75, 3.05) is 19.1 Å². The van der Waals surface area contributed by atoms with Gasteiger partial charge in [-0.05, 0) is 62.0 Å². The summed E-state index contributed by atoms with van der Waals surface area (Å²) in [5, 5.41) is 8.39. The molecule has 0 fully saturated rings. The molecule has 182 valence electrons. The molecule has 1 N–H and O–H groups in total. The number of aromatic nitrogens is 2. The average Bonchev–Trinajstić information content (AvgIpc) is 3.39. The first-order valence-electron chi connectivity index (χ1n) is 11.5. The lowest BCUT2D eigenvalue weighted by molar-refractivity contribution is 0.355. The summed E-state index contributed by atoms with van der Waals surface area (Å²) >= 11 is 5.81. The molecule has 1 aromatic heterocycles. The standard InChI is InChI=1S/C28H26N4O3S/c1-17-10-12-19(13-11-17)25-24(18(2)32(28(36)29-25)21-8-6-5-7-9-21)27-30-26(31-35-27)20-14-15-22(33-3)23(16-20)34-4/h5-16,25H,1-4H3,(H,29,36). The molecule has 0 amide bonds. The molecule has 0 bridgehead atoms. The normalized spacial score (nSPS) is 15.6. The third-order valence-electron chi connectivity index (χ3n) is 6.21. The Morgan fingerprint density at radius 1 is 0.917 bits per heavy atom. The van der Waals surface area contributed by atoms with Gasteiger partial charge in [0.15, 0.2) is 16.6 Å². The zero-order chi connectivity index (χ0) is 25.2. The Kier molecular flexibility index (Phi) is 6.43. The highest BCUT2D eigenvalue weighted by molar-refractivity contribution is 7.80. The molecule has 36 heavy (non-hydrogen) atoms. The van der Waals surface area contributed by atoms with E-state index in [1.807, 2.05) is 60.4 Å². The van der Waals surface area contributed by atoms with Crippen LogP contribution in [0.4, 0.5) is 5.69 Å². The van der Waals surface area contributed by atoms with Crippen molar-refractivity contribution in [3.8, 4) is 22.9 Å². The SMILES string of the molecule is COc1ccc(-c2noc(C3=C(C)N(c4ccccc4)C(=S)NC3c3ccc(C)cc3)n2)cc1OC. The molecule has 1 aliphatic heterocycles. The van der Waals surface area contributed by atoms with Gasteiger partial charge < -0.3 is 19.3 Å². The van der Waals surface area contributed by atoms with Crippen molar-refractivity contribution < 1.29 is 14.0 Å². The molecule has 2 heterocycles. The van der Waals surface area contributed by atoms with Crippen LogP contribution in [0.15, 0.2) is 83.0 Å². The van der Waals surface area contributed by atoms with Crippen molar-refractivity contribution in [1.82, 2.24) is 15.5 Å². The number of nitrogens with one attached hydrogen (secondary N) is 1. The lowest BCUT2D eigenvalue weighted by atomic mass is 9.94. The van der Waals surface area contributed by atoms with Crippen LogP contribution < -0.4 is 19.7 Å². The molecule has 1 atom stereocenters. The highest BCUT2D eigenvalue weighted by Gasteiger charge is 2.34. The fraction of sp³-hybridized carbons (Fsp3) is 0.179. The summed E-state index contributed by atoms with van der Waals surface area (Å²) in [6.07, 6.45) is 0. The van der Waals surface area contributed by atoms with Gasteiger partial charge in [0.2, 0.25) is 5.82 Å². The van der Waals surface area contributed by atoms with Crippen molar-refractivity contribution in [2.45, 2.75) is 19.9 Å². The predicted molar refractivity (Wildman–Crippen MR) is 144 cm³/mol. The minimum Gasteiger partial charge on any atom is -0.493 e. The molecule has 0 aliphatic carbocycles. The van der Waals surface area contributed by atoms with E-state index in [4.69, 9.17) is 31.2 Å². The molecule has 0 radical (unpaired) electrons. The fourth-order valence-electron chi connectivity index (χ4n) is 4.34. The van der Waals surface area contributed by atoms with Gasteiger partial charge in [0.1, 0.15) is 0 Å². The zero-order valence-corrected chi connectivity index (χ0v) is 21.3. The number of ether oxygens (including phenoxy) is 2. The molecule has 1 aliphatic rings. The summed E-state index contributed by atoms with van der Waals surface area (Å²) in [5.74, 6) is 2.09. The Morgan fingerprint density at radius 3 is 2.33 bits per heavy atom. The molecule has 0 saturated carbocycles. The van der Waals surface area contributed by atoms with E-state index in [-0.39, 0.29) is 6.04 Å². The van der Waals surface area contributed by atoms with E-state index in [0.29, 0.717) is 28.3 Å². The van der Waals surface area contributed by atoms with Crippen LogP contribution in [0, 0.1) is 6.92 Å². The average molecular weight is 499 g/mol. The molecule has 1 unspecified atom stereocenters. The van der Waals surface area contributed by atoms with Crippen molar-refractivity contribution in [1.29, 1.82) is 0 Å². The monoisotopic (exact) mass is 498 g/mol. The van der Waals surface area contributed by atoms with Crippen molar-refractivity contribution in [3.63, 3.8) is 0 Å². The molecular weight excluding hydrogens is 472 g/mol. The van der Waals surface area contributed by atoms with Gasteiger partial charge in [-0.2, -0.15) is 4.98 Å². The maximum Gasteiger partial charge on any atom is 0.258 e. The minimum absolute atomic E-state index is 0.253. The molecule has 5 rings (SSSR count). The number of para-hydroxylation sites is 1. The van der Waals surface area contributed by atoms with E-state index in [0.717, 1.165) is 28.1 Å². The van der Waals surface area contributed by atoms with Crippen molar-refractivity contribution in [2.24, 2.45) is 0 Å². The van der Waals surface area contributed by atoms with Gasteiger partial charge in [0, 0.05) is 16.9 Å². The second kappa shape index (κ2) is 9.83. The van der Waals surface area contributed by atoms with Gasteiger partial charge in [-0.3, -0.25) is 4.90 Å². The highest BCUT2D eigenvalue weighted by Crippen LogP contribution is 2.39. The van der Waals surface area contributed by atoms with Gasteiger partial charge in [0.25, 0.3) is 5.89 Å². The summed E-state index contributed by atoms with van der Waals surface area (Å²) in [6.45, 7) is 4.09. The zero-order valence-electron chi connectivity index (χ0n) is 20.5. The maximum absolute atomic E-state index is 5.85. The van der Waals surface area contributed by atoms with Gasteiger partial charge in [0.05, 0.1) is 25.8 Å². The Labute approximate surface area is 215 Å². The lowest BCUT2D eigenvalue weighted by Crippen LogP contribution is -2.46. The van der Waals surface area contributed by atoms with Crippen molar-refractivity contribution >= 4 is 28.6 Å². The van der Waals surface area contributed by atoms with E-state index in [1.54, 1.807) is 14.2 Å². The maximum atomic E-state index is 5.85. The number of nitrogens with zero attached hydrogens (tertiary/aromatic N) is 3. The number of hydrogen-bond acceptors (Lipinski definition) is 6. The third kappa shape index (κ3) is 4.31. The molecular formula is C28H26N4O3S. The van der Waals surface area contributed by atoms with E-state index >= 15 is 0 Å². The number of aryl methyl sites for hydroxylation is 1. The molecule has 7 nitrogen and oxygen atoms in total. The van der Waals surface area contributed by atoms with E-state index in [2.05, 4.69) is 41.7 Å². The number of anilines is 1. The number of rotatable bonds is 6. The summed E-state index contributed by atoms with van der Waals surface area (Å²) in [7, 11) is 3.20. The smallest absolute Gasteiger partial charge is 0.258 e. The summed E-state index contributed by atoms with van der Waals surface area (Å²) in [5.41, 5.74) is 5.71. The first-order valence-corrected chi connectivity index (χ1v) is 11.9. The van der Waals surface area contributed by atoms with Crippen LogP contribution in [0.25, 0.3) is 17.0 Å². The van der Waals surface area contributed by atoms with E-state index < -0.39 is 0 Å². The predicted octanol–water partition coefficient (Wildman–Crippen LogP) is 5.93. The van der Waals surface area contributed by atoms with Crippen LogP contribution in [-0.4, -0.2) is 29.5 Å². The quantitative estimate of drug-likeness (QED) is 0.328. The molecule has 3 aromatic carbocycles. The molecule has 0 spiro atoms. The van der Waals surface area contributed by atoms with Crippen LogP contribution in [0.3, 0.4) is 0 Å². The van der Waals surface area contributed by atoms with Crippen molar-refractivity contribution in [3.05, 3.63) is 95.5 Å². The third-order valence-corrected chi connectivity index (χ3v) is 6.51. The largest absolute Gasteiger partial charge is 0.493 e. The number of allylic oxidation sites excluding steroid dienone is 1. The first kappa shape index (κ1) is 23.6. The second-order valence-electron chi connectivity index (χ2n) is 8.46. The van der Waals surface area contributed by atoms with Gasteiger partial charge >= 0.3 is 0 Å². The molecule has 4 aromatic rings. The Hall–Kier alpha value is -4.17. The number of thiocarbonyl (C=S) groups is 1. The number of hydrogen-bond donors (Lipinski definition) is 1. The van der Waals surface area contributed by atoms with Crippen LogP contribution >= 0.6 is 12.2 Å². The van der Waals surface area contributed by atoms with Gasteiger partial charge in [-0.15, -0.1) is 0 Å². The lowest BCUT2D eigenvalue weighted by Gasteiger charge is -2.37.